The van der Waals surface area contributed by atoms with Crippen molar-refractivity contribution in [1.29, 1.82) is 0 Å². The smallest absolute Gasteiger partial charge is 0.338 e. The summed E-state index contributed by atoms with van der Waals surface area (Å²) in [6, 6.07) is 8.93. The van der Waals surface area contributed by atoms with Crippen LogP contribution in [0.3, 0.4) is 0 Å². The third-order valence-corrected chi connectivity index (χ3v) is 6.14. The van der Waals surface area contributed by atoms with Crippen molar-refractivity contribution < 1.29 is 13.7 Å². The first-order chi connectivity index (χ1) is 11.2. The van der Waals surface area contributed by atoms with Gasteiger partial charge in [0.1, 0.15) is 6.10 Å². The lowest BCUT2D eigenvalue weighted by Gasteiger charge is -2.34. The summed E-state index contributed by atoms with van der Waals surface area (Å²) in [6.07, 6.45) is 8.62. The van der Waals surface area contributed by atoms with Crippen molar-refractivity contribution in [1.82, 2.24) is 0 Å². The summed E-state index contributed by atoms with van der Waals surface area (Å²) in [6.45, 7) is 7.83. The minimum Gasteiger partial charge on any atom is -0.457 e. The van der Waals surface area contributed by atoms with Crippen LogP contribution in [0, 0.1) is 5.41 Å². The summed E-state index contributed by atoms with van der Waals surface area (Å²) in [5.41, 5.74) is 0.0697. The van der Waals surface area contributed by atoms with Gasteiger partial charge in [-0.15, -0.1) is 0 Å². The first-order valence-corrected chi connectivity index (χ1v) is 9.54. The molecule has 1 aromatic rings. The van der Waals surface area contributed by atoms with Crippen LogP contribution >= 0.6 is 0 Å². The van der Waals surface area contributed by atoms with Gasteiger partial charge in [-0.3, -0.25) is 4.21 Å². The van der Waals surface area contributed by atoms with E-state index in [9.17, 15) is 9.00 Å². The van der Waals surface area contributed by atoms with Crippen molar-refractivity contribution in [2.45, 2.75) is 45.0 Å². The van der Waals surface area contributed by atoms with Crippen LogP contribution in [0.2, 0.25) is 0 Å². The van der Waals surface area contributed by atoms with Gasteiger partial charge in [-0.2, -0.15) is 0 Å². The fourth-order valence-corrected chi connectivity index (χ4v) is 3.69. The van der Waals surface area contributed by atoms with Gasteiger partial charge in [0.05, 0.1) is 11.3 Å². The van der Waals surface area contributed by atoms with Gasteiger partial charge in [-0.25, -0.2) is 4.79 Å². The zero-order valence-corrected chi connectivity index (χ0v) is 15.6. The maximum absolute atomic E-state index is 12.6. The number of ether oxygens (including phenoxy) is 1. The zero-order chi connectivity index (χ0) is 17.8. The van der Waals surface area contributed by atoms with E-state index in [-0.39, 0.29) is 10.7 Å². The molecule has 1 unspecified atom stereocenters. The number of rotatable bonds is 5. The van der Waals surface area contributed by atoms with E-state index in [0.717, 1.165) is 6.42 Å². The highest BCUT2D eigenvalue weighted by Crippen LogP contribution is 2.33. The minimum absolute atomic E-state index is 0.313. The number of allylic oxidation sites excluding steroid dienone is 2. The molecule has 2 rings (SSSR count). The molecule has 1 aliphatic carbocycles. The highest BCUT2D eigenvalue weighted by molar-refractivity contribution is 7.86. The Labute approximate surface area is 147 Å². The second kappa shape index (κ2) is 7.47. The molecule has 24 heavy (non-hydrogen) atoms. The van der Waals surface area contributed by atoms with Crippen LogP contribution in [-0.4, -0.2) is 26.8 Å². The van der Waals surface area contributed by atoms with Crippen molar-refractivity contribution >= 4 is 16.8 Å². The second-order valence-electron chi connectivity index (χ2n) is 7.29. The molecule has 2 atom stereocenters. The lowest BCUT2D eigenvalue weighted by molar-refractivity contribution is 0.0175. The number of carbonyl (C=O) groups excluding carboxylic acids is 1. The van der Waals surface area contributed by atoms with Gasteiger partial charge in [0, 0.05) is 21.0 Å². The number of esters is 1. The van der Waals surface area contributed by atoms with Crippen LogP contribution in [0.4, 0.5) is 0 Å². The second-order valence-corrected chi connectivity index (χ2v) is 9.54. The molecule has 0 heterocycles. The fourth-order valence-electron chi connectivity index (χ4n) is 2.49. The molecule has 3 nitrogen and oxygen atoms in total. The monoisotopic (exact) mass is 346 g/mol. The van der Waals surface area contributed by atoms with Crippen LogP contribution in [0.15, 0.2) is 54.6 Å². The fraction of sp³-hybridized carbons (Fsp3) is 0.450. The van der Waals surface area contributed by atoms with Crippen molar-refractivity contribution in [2.24, 2.45) is 5.41 Å². The molecule has 4 heteroatoms. The molecule has 0 spiro atoms. The van der Waals surface area contributed by atoms with Gasteiger partial charge >= 0.3 is 5.97 Å². The molecule has 0 amide bonds. The van der Waals surface area contributed by atoms with Gasteiger partial charge in [0.2, 0.25) is 0 Å². The quantitative estimate of drug-likeness (QED) is 0.590. The third kappa shape index (κ3) is 4.67. The average molecular weight is 346 g/mol. The Morgan fingerprint density at radius 1 is 1.21 bits per heavy atom. The topological polar surface area (TPSA) is 43.4 Å². The summed E-state index contributed by atoms with van der Waals surface area (Å²) in [5, 5.41) is 0. The van der Waals surface area contributed by atoms with Gasteiger partial charge in [0.15, 0.2) is 0 Å². The van der Waals surface area contributed by atoms with Crippen LogP contribution in [-0.2, 0) is 15.5 Å². The SMILES string of the molecule is CC1([C@H](CS(=O)C(C)(C)C)OC(=O)c2ccccc2)C=CCC=C1. The van der Waals surface area contributed by atoms with E-state index in [1.54, 1.807) is 24.3 Å². The van der Waals surface area contributed by atoms with E-state index < -0.39 is 22.3 Å². The molecule has 1 aromatic carbocycles. The van der Waals surface area contributed by atoms with E-state index >= 15 is 0 Å². The largest absolute Gasteiger partial charge is 0.457 e. The van der Waals surface area contributed by atoms with Gasteiger partial charge in [-0.05, 0) is 46.2 Å². The molecule has 0 radical (unpaired) electrons. The standard InChI is InChI=1S/C20H26O3S/c1-19(2,3)24(22)15-17(20(4)13-9-6-10-14-20)23-18(21)16-11-7-5-8-12-16/h5,7-14,17H,6,15H2,1-4H3/t17-,24?/m0/s1. The molecular weight excluding hydrogens is 320 g/mol. The maximum Gasteiger partial charge on any atom is 0.338 e. The highest BCUT2D eigenvalue weighted by atomic mass is 32.2. The molecule has 0 N–H and O–H groups in total. The number of hydrogen-bond donors (Lipinski definition) is 0. The summed E-state index contributed by atoms with van der Waals surface area (Å²) in [7, 11) is -1.11. The van der Waals surface area contributed by atoms with Crippen LogP contribution in [0.5, 0.6) is 0 Å². The molecule has 0 bridgehead atoms. The van der Waals surface area contributed by atoms with Crippen molar-refractivity contribution in [3.63, 3.8) is 0 Å². The first-order valence-electron chi connectivity index (χ1n) is 8.22. The normalized spacial score (nSPS) is 18.8. The van der Waals surface area contributed by atoms with Gasteiger partial charge in [-0.1, -0.05) is 42.5 Å². The molecule has 1 aliphatic rings. The molecular formula is C20H26O3S. The highest BCUT2D eigenvalue weighted by Gasteiger charge is 2.37. The van der Waals surface area contributed by atoms with Crippen molar-refractivity contribution in [3.05, 3.63) is 60.2 Å². The molecule has 130 valence electrons. The lowest BCUT2D eigenvalue weighted by atomic mass is 9.81. The molecule has 0 aromatic heterocycles. The van der Waals surface area contributed by atoms with Gasteiger partial charge in [0.25, 0.3) is 0 Å². The summed E-state index contributed by atoms with van der Waals surface area (Å²) < 4.78 is 18.1. The van der Waals surface area contributed by atoms with E-state index in [0.29, 0.717) is 11.3 Å². The Bertz CT molecular complexity index is 641. The van der Waals surface area contributed by atoms with E-state index in [2.05, 4.69) is 24.3 Å². The predicted molar refractivity (Wildman–Crippen MR) is 99.4 cm³/mol. The predicted octanol–water partition coefficient (Wildman–Crippen LogP) is 4.28. The van der Waals surface area contributed by atoms with E-state index in [1.165, 1.54) is 0 Å². The third-order valence-electron chi connectivity index (χ3n) is 4.16. The summed E-state index contributed by atoms with van der Waals surface area (Å²) in [4.78, 5) is 12.5. The van der Waals surface area contributed by atoms with Crippen LogP contribution in [0.1, 0.15) is 44.5 Å². The number of hydrogen-bond acceptors (Lipinski definition) is 3. The Morgan fingerprint density at radius 2 is 1.79 bits per heavy atom. The number of carbonyl (C=O) groups is 1. The molecule has 0 saturated carbocycles. The molecule has 0 fully saturated rings. The Morgan fingerprint density at radius 3 is 2.33 bits per heavy atom. The summed E-state index contributed by atoms with van der Waals surface area (Å²) in [5.74, 6) is -0.0621. The summed E-state index contributed by atoms with van der Waals surface area (Å²) >= 11 is 0. The van der Waals surface area contributed by atoms with Crippen LogP contribution < -0.4 is 0 Å². The Balaban J connectivity index is 2.24. The number of benzene rings is 1. The average Bonchev–Trinajstić information content (AvgIpc) is 2.54. The molecule has 0 aliphatic heterocycles. The van der Waals surface area contributed by atoms with Crippen molar-refractivity contribution in [2.75, 3.05) is 5.75 Å². The Kier molecular flexibility index (Phi) is 5.81. The van der Waals surface area contributed by atoms with Crippen LogP contribution in [0.25, 0.3) is 0 Å². The lowest BCUT2D eigenvalue weighted by Crippen LogP contribution is -2.41. The zero-order valence-electron chi connectivity index (χ0n) is 14.8. The van der Waals surface area contributed by atoms with Crippen molar-refractivity contribution in [3.8, 4) is 0 Å². The van der Waals surface area contributed by atoms with Gasteiger partial charge < -0.3 is 4.74 Å². The first kappa shape index (κ1) is 18.7. The van der Waals surface area contributed by atoms with E-state index in [4.69, 9.17) is 4.74 Å². The van der Waals surface area contributed by atoms with E-state index in [1.807, 2.05) is 33.8 Å². The Hall–Kier alpha value is -1.68. The minimum atomic E-state index is -1.11. The maximum atomic E-state index is 12.6. The molecule has 0 saturated heterocycles.